The zero-order valence-electron chi connectivity index (χ0n) is 13.6. The van der Waals surface area contributed by atoms with E-state index in [1.165, 1.54) is 28.7 Å². The lowest BCUT2D eigenvalue weighted by atomic mass is 10.0. The number of para-hydroxylation sites is 1. The molecule has 7 heteroatoms. The van der Waals surface area contributed by atoms with Gasteiger partial charge >= 0.3 is 0 Å². The zero-order valence-corrected chi connectivity index (χ0v) is 16.1. The van der Waals surface area contributed by atoms with Crippen molar-refractivity contribution in [2.24, 2.45) is 0 Å². The molecule has 0 saturated carbocycles. The Balaban J connectivity index is 1.61. The smallest absolute Gasteiger partial charge is 0.234 e. The summed E-state index contributed by atoms with van der Waals surface area (Å²) in [7, 11) is 0. The van der Waals surface area contributed by atoms with Crippen molar-refractivity contribution in [2.45, 2.75) is 15.1 Å². The van der Waals surface area contributed by atoms with Crippen LogP contribution < -0.4 is 5.32 Å². The summed E-state index contributed by atoms with van der Waals surface area (Å²) in [4.78, 5) is 12.3. The summed E-state index contributed by atoms with van der Waals surface area (Å²) in [6.07, 6.45) is 2.75. The number of carbonyl (C=O) groups excluding carboxylic acids is 1. The lowest BCUT2D eigenvalue weighted by Gasteiger charge is -2.11. The molecule has 0 radical (unpaired) electrons. The maximum atomic E-state index is 12.3. The van der Waals surface area contributed by atoms with Crippen LogP contribution in [-0.4, -0.2) is 28.1 Å². The van der Waals surface area contributed by atoms with Gasteiger partial charge in [-0.25, -0.2) is 0 Å². The van der Waals surface area contributed by atoms with Gasteiger partial charge in [-0.15, -0.1) is 10.2 Å². The Morgan fingerprint density at radius 1 is 1.04 bits per heavy atom. The van der Waals surface area contributed by atoms with Crippen LogP contribution in [0.3, 0.4) is 0 Å². The summed E-state index contributed by atoms with van der Waals surface area (Å²) in [6, 6.07) is 18.2. The molecule has 0 saturated heterocycles. The molecule has 1 N–H and O–H groups in total. The average molecular weight is 388 g/mol. The number of rotatable bonds is 7. The van der Waals surface area contributed by atoms with E-state index < -0.39 is 0 Å². The molecule has 1 aromatic heterocycles. The number of aromatic nitrogens is 2. The van der Waals surface area contributed by atoms with Gasteiger partial charge in [0.15, 0.2) is 8.68 Å². The van der Waals surface area contributed by atoms with Crippen LogP contribution in [0.25, 0.3) is 0 Å². The van der Waals surface area contributed by atoms with Gasteiger partial charge in [0, 0.05) is 5.69 Å². The molecule has 0 aliphatic rings. The first-order valence-electron chi connectivity index (χ1n) is 7.66. The van der Waals surface area contributed by atoms with Gasteiger partial charge in [0.05, 0.1) is 5.75 Å². The van der Waals surface area contributed by atoms with Gasteiger partial charge in [-0.1, -0.05) is 83.4 Å². The largest absolute Gasteiger partial charge is 0.325 e. The second kappa shape index (κ2) is 9.03. The van der Waals surface area contributed by atoms with Crippen molar-refractivity contribution in [3.05, 3.63) is 65.7 Å². The second-order valence-electron chi connectivity index (χ2n) is 5.19. The first kappa shape index (κ1) is 18.0. The Labute approximate surface area is 159 Å². The molecule has 0 aliphatic heterocycles. The van der Waals surface area contributed by atoms with E-state index in [0.29, 0.717) is 5.75 Å². The highest BCUT2D eigenvalue weighted by atomic mass is 32.2. The molecule has 2 aromatic carbocycles. The van der Waals surface area contributed by atoms with Crippen molar-refractivity contribution in [1.82, 2.24) is 10.2 Å². The van der Waals surface area contributed by atoms with Crippen LogP contribution in [0.2, 0.25) is 0 Å². The Morgan fingerprint density at radius 3 is 2.52 bits per heavy atom. The maximum absolute atomic E-state index is 12.3. The second-order valence-corrected chi connectivity index (χ2v) is 8.45. The molecular weight excluding hydrogens is 370 g/mol. The molecule has 3 rings (SSSR count). The summed E-state index contributed by atoms with van der Waals surface area (Å²) < 4.78 is 1.73. The lowest BCUT2D eigenvalue weighted by molar-refractivity contribution is -0.113. The third-order valence-electron chi connectivity index (χ3n) is 3.42. The van der Waals surface area contributed by atoms with Gasteiger partial charge < -0.3 is 5.32 Å². The van der Waals surface area contributed by atoms with Crippen molar-refractivity contribution >= 4 is 46.5 Å². The standard InChI is InChI=1S/C18H17N3OS3/c1-23-17-20-21-18(25-17)24-12-16(22)19-15-10-6-5-9-14(15)11-13-7-3-2-4-8-13/h2-10H,11-12H2,1H3,(H,19,22). The minimum absolute atomic E-state index is 0.0357. The molecule has 0 bridgehead atoms. The van der Waals surface area contributed by atoms with E-state index in [0.717, 1.165) is 26.4 Å². The quantitative estimate of drug-likeness (QED) is 0.601. The Bertz CT molecular complexity index is 836. The predicted molar refractivity (Wildman–Crippen MR) is 107 cm³/mol. The van der Waals surface area contributed by atoms with E-state index in [9.17, 15) is 4.79 Å². The highest BCUT2D eigenvalue weighted by Gasteiger charge is 2.10. The highest BCUT2D eigenvalue weighted by Crippen LogP contribution is 2.27. The summed E-state index contributed by atoms with van der Waals surface area (Å²) in [5.74, 6) is 0.286. The molecule has 1 heterocycles. The van der Waals surface area contributed by atoms with E-state index in [2.05, 4.69) is 27.6 Å². The number of anilines is 1. The van der Waals surface area contributed by atoms with E-state index in [1.54, 1.807) is 11.8 Å². The number of benzene rings is 2. The predicted octanol–water partition coefficient (Wildman–Crippen LogP) is 4.58. The maximum Gasteiger partial charge on any atom is 0.234 e. The molecule has 25 heavy (non-hydrogen) atoms. The van der Waals surface area contributed by atoms with Gasteiger partial charge in [0.25, 0.3) is 0 Å². The first-order chi connectivity index (χ1) is 12.2. The van der Waals surface area contributed by atoms with Crippen LogP contribution in [0.5, 0.6) is 0 Å². The summed E-state index contributed by atoms with van der Waals surface area (Å²) in [5, 5.41) is 11.1. The van der Waals surface area contributed by atoms with E-state index in [1.807, 2.05) is 48.7 Å². The molecule has 3 aromatic rings. The molecule has 0 spiro atoms. The van der Waals surface area contributed by atoms with E-state index >= 15 is 0 Å². The third-order valence-corrected chi connectivity index (χ3v) is 6.45. The van der Waals surface area contributed by atoms with Gasteiger partial charge in [-0.05, 0) is 29.9 Å². The van der Waals surface area contributed by atoms with Crippen molar-refractivity contribution < 1.29 is 4.79 Å². The monoisotopic (exact) mass is 387 g/mol. The van der Waals surface area contributed by atoms with Crippen LogP contribution in [0, 0.1) is 0 Å². The molecule has 0 fully saturated rings. The SMILES string of the molecule is CSc1nnc(SCC(=O)Nc2ccccc2Cc2ccccc2)s1. The fourth-order valence-corrected chi connectivity index (χ4v) is 4.50. The van der Waals surface area contributed by atoms with Gasteiger partial charge in [-0.2, -0.15) is 0 Å². The van der Waals surface area contributed by atoms with Crippen molar-refractivity contribution in [2.75, 3.05) is 17.3 Å². The number of hydrogen-bond donors (Lipinski definition) is 1. The minimum Gasteiger partial charge on any atom is -0.325 e. The van der Waals surface area contributed by atoms with E-state index in [-0.39, 0.29) is 5.91 Å². The number of thioether (sulfide) groups is 2. The Morgan fingerprint density at radius 2 is 1.76 bits per heavy atom. The number of amides is 1. The van der Waals surface area contributed by atoms with Crippen molar-refractivity contribution in [3.63, 3.8) is 0 Å². The Kier molecular flexibility index (Phi) is 6.49. The first-order valence-corrected chi connectivity index (χ1v) is 10.7. The summed E-state index contributed by atoms with van der Waals surface area (Å²) in [5.41, 5.74) is 3.18. The number of carbonyl (C=O) groups is 1. The van der Waals surface area contributed by atoms with Gasteiger partial charge in [-0.3, -0.25) is 4.79 Å². The molecule has 0 unspecified atom stereocenters. The molecule has 0 aliphatic carbocycles. The van der Waals surface area contributed by atoms with Crippen molar-refractivity contribution in [3.8, 4) is 0 Å². The molecule has 4 nitrogen and oxygen atoms in total. The van der Waals surface area contributed by atoms with Crippen LogP contribution >= 0.6 is 34.9 Å². The van der Waals surface area contributed by atoms with Crippen LogP contribution in [0.1, 0.15) is 11.1 Å². The fraction of sp³-hybridized carbons (Fsp3) is 0.167. The molecule has 0 atom stereocenters. The zero-order chi connectivity index (χ0) is 17.5. The van der Waals surface area contributed by atoms with Crippen LogP contribution in [0.15, 0.2) is 63.3 Å². The van der Waals surface area contributed by atoms with Crippen LogP contribution in [0.4, 0.5) is 5.69 Å². The average Bonchev–Trinajstić information content (AvgIpc) is 3.11. The summed E-state index contributed by atoms with van der Waals surface area (Å²) in [6.45, 7) is 0. The molecular formula is C18H17N3OS3. The van der Waals surface area contributed by atoms with Gasteiger partial charge in [0.1, 0.15) is 0 Å². The number of nitrogens with one attached hydrogen (secondary N) is 1. The highest BCUT2D eigenvalue weighted by molar-refractivity contribution is 8.03. The minimum atomic E-state index is -0.0357. The van der Waals surface area contributed by atoms with Crippen molar-refractivity contribution in [1.29, 1.82) is 0 Å². The number of hydrogen-bond acceptors (Lipinski definition) is 6. The van der Waals surface area contributed by atoms with Crippen LogP contribution in [-0.2, 0) is 11.2 Å². The normalized spacial score (nSPS) is 10.6. The van der Waals surface area contributed by atoms with E-state index in [4.69, 9.17) is 0 Å². The molecule has 128 valence electrons. The molecule has 1 amide bonds. The summed E-state index contributed by atoms with van der Waals surface area (Å²) >= 11 is 4.48. The number of nitrogens with zero attached hydrogens (tertiary/aromatic N) is 2. The topological polar surface area (TPSA) is 54.9 Å². The van der Waals surface area contributed by atoms with Gasteiger partial charge in [0.2, 0.25) is 5.91 Å². The fourth-order valence-electron chi connectivity index (χ4n) is 2.26. The third kappa shape index (κ3) is 5.32. The Hall–Kier alpha value is -1.83. The lowest BCUT2D eigenvalue weighted by Crippen LogP contribution is -2.15.